The highest BCUT2D eigenvalue weighted by molar-refractivity contribution is 6.07. The second-order valence-electron chi connectivity index (χ2n) is 6.36. The van der Waals surface area contributed by atoms with Crippen LogP contribution in [0.2, 0.25) is 0 Å². The summed E-state index contributed by atoms with van der Waals surface area (Å²) in [5.41, 5.74) is 0.150. The molecule has 5 heteroatoms. The first kappa shape index (κ1) is 15.5. The number of carbonyl (C=O) groups is 1. The van der Waals surface area contributed by atoms with Crippen molar-refractivity contribution >= 4 is 17.5 Å². The van der Waals surface area contributed by atoms with Gasteiger partial charge in [-0.15, -0.1) is 0 Å². The zero-order valence-electron chi connectivity index (χ0n) is 13.3. The van der Waals surface area contributed by atoms with E-state index in [1.807, 2.05) is 51.2 Å². The molecule has 0 unspecified atom stereocenters. The van der Waals surface area contributed by atoms with Crippen molar-refractivity contribution in [1.29, 1.82) is 0 Å². The molecule has 1 aromatic rings. The van der Waals surface area contributed by atoms with Gasteiger partial charge in [0.2, 0.25) is 0 Å². The number of benzene rings is 1. The molecule has 0 fully saturated rings. The second-order valence-corrected chi connectivity index (χ2v) is 6.36. The maximum Gasteiger partial charge on any atom is 0.323 e. The first-order valence-corrected chi connectivity index (χ1v) is 7.05. The average molecular weight is 289 g/mol. The number of aliphatic carboxylic acids is 1. The average Bonchev–Trinajstić information content (AvgIpc) is 2.57. The first-order valence-electron chi connectivity index (χ1n) is 7.05. The largest absolute Gasteiger partial charge is 0.480 e. The summed E-state index contributed by atoms with van der Waals surface area (Å²) in [6.07, 6.45) is 0. The predicted molar refractivity (Wildman–Crippen MR) is 84.8 cm³/mol. The lowest BCUT2D eigenvalue weighted by Crippen LogP contribution is -2.54. The lowest BCUT2D eigenvalue weighted by Gasteiger charge is -2.38. The Morgan fingerprint density at radius 3 is 2.24 bits per heavy atom. The van der Waals surface area contributed by atoms with Crippen molar-refractivity contribution in [3.63, 3.8) is 0 Å². The van der Waals surface area contributed by atoms with Crippen molar-refractivity contribution in [3.8, 4) is 0 Å². The van der Waals surface area contributed by atoms with E-state index in [1.54, 1.807) is 4.90 Å². The molecule has 0 bridgehead atoms. The normalized spacial score (nSPS) is 20.1. The minimum Gasteiger partial charge on any atom is -0.480 e. The van der Waals surface area contributed by atoms with Gasteiger partial charge >= 0.3 is 5.97 Å². The molecule has 2 rings (SSSR count). The number of carboxylic acid groups (broad SMARTS) is 1. The zero-order valence-corrected chi connectivity index (χ0v) is 13.3. The highest BCUT2D eigenvalue weighted by atomic mass is 16.4. The highest BCUT2D eigenvalue weighted by Crippen LogP contribution is 2.35. The number of rotatable bonds is 3. The Morgan fingerprint density at radius 1 is 1.24 bits per heavy atom. The molecule has 114 valence electrons. The van der Waals surface area contributed by atoms with Crippen LogP contribution in [0.15, 0.2) is 35.3 Å². The van der Waals surface area contributed by atoms with E-state index in [1.165, 1.54) is 0 Å². The predicted octanol–water partition coefficient (Wildman–Crippen LogP) is 2.44. The van der Waals surface area contributed by atoms with E-state index in [0.717, 1.165) is 11.5 Å². The summed E-state index contributed by atoms with van der Waals surface area (Å²) in [6, 6.07) is 9.54. The lowest BCUT2D eigenvalue weighted by molar-refractivity contribution is -0.135. The molecular formula is C16H23N3O2. The molecule has 0 radical (unpaired) electrons. The third-order valence-corrected chi connectivity index (χ3v) is 4.20. The molecule has 1 N–H and O–H groups in total. The highest BCUT2D eigenvalue weighted by Gasteiger charge is 2.47. The van der Waals surface area contributed by atoms with Crippen molar-refractivity contribution in [1.82, 2.24) is 4.90 Å². The van der Waals surface area contributed by atoms with Gasteiger partial charge in [0.1, 0.15) is 18.0 Å². The van der Waals surface area contributed by atoms with E-state index in [9.17, 15) is 9.90 Å². The van der Waals surface area contributed by atoms with Gasteiger partial charge in [-0.1, -0.05) is 18.2 Å². The van der Waals surface area contributed by atoms with E-state index in [2.05, 4.69) is 18.7 Å². The number of hydrogen-bond acceptors (Lipinski definition) is 4. The Balaban J connectivity index is 2.49. The minimum atomic E-state index is -0.871. The van der Waals surface area contributed by atoms with Crippen LogP contribution in [-0.4, -0.2) is 46.6 Å². The number of carboxylic acids is 1. The summed E-state index contributed by atoms with van der Waals surface area (Å²) < 4.78 is 0. The van der Waals surface area contributed by atoms with Gasteiger partial charge in [-0.2, -0.15) is 0 Å². The van der Waals surface area contributed by atoms with Crippen LogP contribution >= 0.6 is 0 Å². The molecule has 1 aliphatic heterocycles. The molecule has 5 nitrogen and oxygen atoms in total. The number of nitrogens with zero attached hydrogens (tertiary/aromatic N) is 3. The third kappa shape index (κ3) is 2.78. The Morgan fingerprint density at radius 2 is 1.81 bits per heavy atom. The summed E-state index contributed by atoms with van der Waals surface area (Å²) in [6.45, 7) is 8.10. The molecule has 21 heavy (non-hydrogen) atoms. The van der Waals surface area contributed by atoms with E-state index in [-0.39, 0.29) is 17.7 Å². The van der Waals surface area contributed by atoms with E-state index < -0.39 is 5.97 Å². The van der Waals surface area contributed by atoms with Crippen LogP contribution in [0.1, 0.15) is 27.7 Å². The van der Waals surface area contributed by atoms with Crippen molar-refractivity contribution in [2.75, 3.05) is 18.5 Å². The number of likely N-dealkylation sites (N-methyl/N-ethyl adjacent to an activating group) is 1. The summed E-state index contributed by atoms with van der Waals surface area (Å²) >= 11 is 0. The van der Waals surface area contributed by atoms with Gasteiger partial charge in [0.25, 0.3) is 0 Å². The quantitative estimate of drug-likeness (QED) is 0.928. The first-order chi connectivity index (χ1) is 9.66. The molecule has 0 aromatic heterocycles. The van der Waals surface area contributed by atoms with E-state index >= 15 is 0 Å². The van der Waals surface area contributed by atoms with Crippen LogP contribution in [0, 0.1) is 0 Å². The van der Waals surface area contributed by atoms with Gasteiger partial charge < -0.3 is 10.0 Å². The van der Waals surface area contributed by atoms with Crippen molar-refractivity contribution in [3.05, 3.63) is 30.3 Å². The van der Waals surface area contributed by atoms with Gasteiger partial charge in [-0.25, -0.2) is 4.99 Å². The fraction of sp³-hybridized carbons (Fsp3) is 0.500. The molecule has 1 aromatic carbocycles. The summed E-state index contributed by atoms with van der Waals surface area (Å²) in [4.78, 5) is 20.0. The van der Waals surface area contributed by atoms with Crippen LogP contribution < -0.4 is 4.90 Å². The topological polar surface area (TPSA) is 56.1 Å². The SMILES string of the molecule is CN1C(C)(C)N=C(N(CC(=O)O)c2ccccc2)C1(C)C. The van der Waals surface area contributed by atoms with Gasteiger partial charge in [0, 0.05) is 5.69 Å². The molecule has 0 amide bonds. The molecule has 0 atom stereocenters. The minimum absolute atomic E-state index is 0.101. The summed E-state index contributed by atoms with van der Waals surface area (Å²) in [7, 11) is 2.01. The molecule has 0 saturated heterocycles. The van der Waals surface area contributed by atoms with Crippen LogP contribution in [0.25, 0.3) is 0 Å². The third-order valence-electron chi connectivity index (χ3n) is 4.20. The maximum absolute atomic E-state index is 11.3. The standard InChI is InChI=1S/C16H23N3O2/c1-15(2)14(17-16(3,4)18(15)5)19(11-13(20)21)12-9-7-6-8-10-12/h6-10H,11H2,1-5H3,(H,20,21). The van der Waals surface area contributed by atoms with Crippen LogP contribution in [-0.2, 0) is 4.79 Å². The Labute approximate surface area is 125 Å². The smallest absolute Gasteiger partial charge is 0.323 e. The van der Waals surface area contributed by atoms with Gasteiger partial charge in [-0.05, 0) is 46.9 Å². The lowest BCUT2D eigenvalue weighted by atomic mass is 10.00. The Kier molecular flexibility index (Phi) is 3.80. The molecule has 1 aliphatic rings. The second kappa shape index (κ2) is 5.15. The van der Waals surface area contributed by atoms with Crippen molar-refractivity contribution < 1.29 is 9.90 Å². The molecule has 0 spiro atoms. The van der Waals surface area contributed by atoms with E-state index in [4.69, 9.17) is 4.99 Å². The van der Waals surface area contributed by atoms with Crippen LogP contribution in [0.3, 0.4) is 0 Å². The Bertz CT molecular complexity index is 564. The number of anilines is 1. The maximum atomic E-state index is 11.3. The number of amidine groups is 1. The number of hydrogen-bond donors (Lipinski definition) is 1. The fourth-order valence-corrected chi connectivity index (χ4v) is 2.73. The molecule has 0 aliphatic carbocycles. The van der Waals surface area contributed by atoms with Gasteiger partial charge in [0.05, 0.1) is 5.54 Å². The van der Waals surface area contributed by atoms with Crippen molar-refractivity contribution in [2.45, 2.75) is 38.9 Å². The van der Waals surface area contributed by atoms with Crippen LogP contribution in [0.4, 0.5) is 5.69 Å². The monoisotopic (exact) mass is 289 g/mol. The van der Waals surface area contributed by atoms with E-state index in [0.29, 0.717) is 0 Å². The molecule has 1 heterocycles. The van der Waals surface area contributed by atoms with Gasteiger partial charge in [-0.3, -0.25) is 9.69 Å². The Hall–Kier alpha value is -1.88. The van der Waals surface area contributed by atoms with Crippen molar-refractivity contribution in [2.24, 2.45) is 4.99 Å². The van der Waals surface area contributed by atoms with Gasteiger partial charge in [0.15, 0.2) is 0 Å². The fourth-order valence-electron chi connectivity index (χ4n) is 2.73. The number of aliphatic imine (C=N–C) groups is 1. The number of para-hydroxylation sites is 1. The van der Waals surface area contributed by atoms with Crippen LogP contribution in [0.5, 0.6) is 0 Å². The molecular weight excluding hydrogens is 266 g/mol. The zero-order chi connectivity index (χ0) is 15.8. The summed E-state index contributed by atoms with van der Waals surface area (Å²) in [5, 5.41) is 9.26. The molecule has 0 saturated carbocycles. The summed E-state index contributed by atoms with van der Waals surface area (Å²) in [5.74, 6) is -0.0895.